The van der Waals surface area contributed by atoms with Gasteiger partial charge in [0.05, 0.1) is 11.6 Å². The predicted molar refractivity (Wildman–Crippen MR) is 47.2 cm³/mol. The van der Waals surface area contributed by atoms with Gasteiger partial charge >= 0.3 is 0 Å². The number of aliphatic hydroxyl groups is 1. The summed E-state index contributed by atoms with van der Waals surface area (Å²) in [4.78, 5) is -0.388. The lowest BCUT2D eigenvalue weighted by Crippen LogP contribution is -2.00. The van der Waals surface area contributed by atoms with Gasteiger partial charge in [0.1, 0.15) is 4.90 Å². The molecule has 0 radical (unpaired) electrons. The van der Waals surface area contributed by atoms with Crippen LogP contribution in [-0.4, -0.2) is 18.1 Å². The van der Waals surface area contributed by atoms with E-state index >= 15 is 0 Å². The fourth-order valence-electron chi connectivity index (χ4n) is 0.844. The molecule has 1 aromatic rings. The predicted octanol–water partition coefficient (Wildman–Crippen LogP) is 1.08. The third-order valence-electron chi connectivity index (χ3n) is 1.46. The number of halogens is 1. The van der Waals surface area contributed by atoms with Crippen LogP contribution in [0.15, 0.2) is 23.1 Å². The van der Waals surface area contributed by atoms with E-state index in [-0.39, 0.29) is 16.5 Å². The topological polar surface area (TPSA) is 74.6 Å². The maximum Gasteiger partial charge on any atom is 0.296 e. The van der Waals surface area contributed by atoms with E-state index < -0.39 is 10.1 Å². The summed E-state index contributed by atoms with van der Waals surface area (Å²) in [5, 5.41) is 8.63. The quantitative estimate of drug-likeness (QED) is 0.735. The lowest BCUT2D eigenvalue weighted by molar-refractivity contribution is 0.281. The highest BCUT2D eigenvalue weighted by Crippen LogP contribution is 2.22. The van der Waals surface area contributed by atoms with E-state index in [1.807, 2.05) is 0 Å². The number of aliphatic hydroxyl groups excluding tert-OH is 1. The smallest absolute Gasteiger partial charge is 0.296 e. The highest BCUT2D eigenvalue weighted by molar-refractivity contribution is 7.86. The van der Waals surface area contributed by atoms with Gasteiger partial charge in [-0.15, -0.1) is 0 Å². The minimum atomic E-state index is -4.31. The van der Waals surface area contributed by atoms with Crippen molar-refractivity contribution in [2.24, 2.45) is 0 Å². The zero-order valence-corrected chi connectivity index (χ0v) is 8.01. The van der Waals surface area contributed by atoms with Crippen LogP contribution in [0.5, 0.6) is 0 Å². The van der Waals surface area contributed by atoms with Crippen LogP contribution in [0, 0.1) is 0 Å². The molecule has 13 heavy (non-hydrogen) atoms. The maximum atomic E-state index is 10.7. The average molecular weight is 223 g/mol. The summed E-state index contributed by atoms with van der Waals surface area (Å²) in [7, 11) is -4.31. The summed E-state index contributed by atoms with van der Waals surface area (Å²) < 4.78 is 30.1. The Balaban J connectivity index is 3.36. The van der Waals surface area contributed by atoms with Gasteiger partial charge in [-0.1, -0.05) is 17.7 Å². The summed E-state index contributed by atoms with van der Waals surface area (Å²) in [6, 6.07) is 3.89. The SMILES string of the molecule is O=S(=O)(O)c1cc(CO)ccc1Cl. The summed E-state index contributed by atoms with van der Waals surface area (Å²) in [5.74, 6) is 0. The van der Waals surface area contributed by atoms with Crippen LogP contribution < -0.4 is 0 Å². The molecule has 0 unspecified atom stereocenters. The summed E-state index contributed by atoms with van der Waals surface area (Å²) in [6.07, 6.45) is 0. The van der Waals surface area contributed by atoms with E-state index in [0.717, 1.165) is 6.07 Å². The van der Waals surface area contributed by atoms with Crippen LogP contribution in [0.3, 0.4) is 0 Å². The third kappa shape index (κ3) is 2.41. The van der Waals surface area contributed by atoms with Crippen molar-refractivity contribution in [3.8, 4) is 0 Å². The van der Waals surface area contributed by atoms with Gasteiger partial charge in [0.2, 0.25) is 0 Å². The van der Waals surface area contributed by atoms with E-state index in [2.05, 4.69) is 0 Å². The van der Waals surface area contributed by atoms with Crippen molar-refractivity contribution in [2.45, 2.75) is 11.5 Å². The van der Waals surface area contributed by atoms with Crippen molar-refractivity contribution in [3.63, 3.8) is 0 Å². The van der Waals surface area contributed by atoms with Crippen LogP contribution in [0.2, 0.25) is 5.02 Å². The second kappa shape index (κ2) is 3.63. The highest BCUT2D eigenvalue weighted by atomic mass is 35.5. The zero-order valence-electron chi connectivity index (χ0n) is 6.44. The van der Waals surface area contributed by atoms with E-state index in [1.54, 1.807) is 0 Å². The molecule has 6 heteroatoms. The van der Waals surface area contributed by atoms with Crippen LogP contribution >= 0.6 is 11.6 Å². The monoisotopic (exact) mass is 222 g/mol. The van der Waals surface area contributed by atoms with Gasteiger partial charge in [0, 0.05) is 0 Å². The van der Waals surface area contributed by atoms with Gasteiger partial charge < -0.3 is 5.11 Å². The molecule has 2 N–H and O–H groups in total. The summed E-state index contributed by atoms with van der Waals surface area (Å²) in [5.41, 5.74) is 0.372. The lowest BCUT2D eigenvalue weighted by Gasteiger charge is -2.02. The van der Waals surface area contributed by atoms with Crippen LogP contribution in [0.1, 0.15) is 5.56 Å². The van der Waals surface area contributed by atoms with Gasteiger partial charge in [0.25, 0.3) is 10.1 Å². The lowest BCUT2D eigenvalue weighted by atomic mass is 10.2. The van der Waals surface area contributed by atoms with Gasteiger partial charge in [-0.05, 0) is 17.7 Å². The standard InChI is InChI=1S/C7H7ClO4S/c8-6-2-1-5(4-9)3-7(6)13(10,11)12/h1-3,9H,4H2,(H,10,11,12). The molecule has 0 spiro atoms. The molecule has 0 amide bonds. The second-order valence-electron chi connectivity index (χ2n) is 2.40. The Kier molecular flexibility index (Phi) is 2.92. The Hall–Kier alpha value is -0.620. The molecule has 0 saturated carbocycles. The van der Waals surface area contributed by atoms with E-state index in [1.165, 1.54) is 12.1 Å². The van der Waals surface area contributed by atoms with Crippen molar-refractivity contribution < 1.29 is 18.1 Å². The Morgan fingerprint density at radius 1 is 1.38 bits per heavy atom. The molecular formula is C7H7ClO4S. The van der Waals surface area contributed by atoms with Crippen molar-refractivity contribution >= 4 is 21.7 Å². The van der Waals surface area contributed by atoms with Gasteiger partial charge in [-0.25, -0.2) is 0 Å². The molecule has 0 saturated heterocycles. The van der Waals surface area contributed by atoms with Gasteiger partial charge in [0.15, 0.2) is 0 Å². The number of hydrogen-bond donors (Lipinski definition) is 2. The van der Waals surface area contributed by atoms with E-state index in [4.69, 9.17) is 21.3 Å². The van der Waals surface area contributed by atoms with Gasteiger partial charge in [-0.3, -0.25) is 4.55 Å². The Morgan fingerprint density at radius 3 is 2.46 bits per heavy atom. The Bertz CT molecular complexity index is 413. The van der Waals surface area contributed by atoms with Crippen molar-refractivity contribution in [3.05, 3.63) is 28.8 Å². The molecule has 0 heterocycles. The summed E-state index contributed by atoms with van der Waals surface area (Å²) >= 11 is 5.52. The molecule has 1 aromatic carbocycles. The molecule has 0 bridgehead atoms. The van der Waals surface area contributed by atoms with Gasteiger partial charge in [-0.2, -0.15) is 8.42 Å². The molecular weight excluding hydrogens is 216 g/mol. The van der Waals surface area contributed by atoms with Crippen molar-refractivity contribution in [1.82, 2.24) is 0 Å². The summed E-state index contributed by atoms with van der Waals surface area (Å²) in [6.45, 7) is -0.306. The number of benzene rings is 1. The molecule has 0 atom stereocenters. The Morgan fingerprint density at radius 2 is 2.00 bits per heavy atom. The normalized spacial score (nSPS) is 11.6. The largest absolute Gasteiger partial charge is 0.392 e. The molecule has 72 valence electrons. The minimum absolute atomic E-state index is 0.0697. The van der Waals surface area contributed by atoms with Crippen molar-refractivity contribution in [2.75, 3.05) is 0 Å². The van der Waals surface area contributed by atoms with Crippen LogP contribution in [-0.2, 0) is 16.7 Å². The first-order chi connectivity index (χ1) is 5.95. The number of hydrogen-bond acceptors (Lipinski definition) is 3. The highest BCUT2D eigenvalue weighted by Gasteiger charge is 2.14. The molecule has 1 rings (SSSR count). The Labute approximate surface area is 80.5 Å². The first-order valence-corrected chi connectivity index (χ1v) is 5.13. The zero-order chi connectivity index (χ0) is 10.1. The molecule has 4 nitrogen and oxygen atoms in total. The molecule has 0 aromatic heterocycles. The molecule has 0 fully saturated rings. The van der Waals surface area contributed by atoms with Crippen LogP contribution in [0.4, 0.5) is 0 Å². The fourth-order valence-corrected chi connectivity index (χ4v) is 1.87. The molecule has 0 aliphatic heterocycles. The van der Waals surface area contributed by atoms with Crippen LogP contribution in [0.25, 0.3) is 0 Å². The van der Waals surface area contributed by atoms with Crippen molar-refractivity contribution in [1.29, 1.82) is 0 Å². The third-order valence-corrected chi connectivity index (χ3v) is 2.79. The molecule has 0 aliphatic carbocycles. The average Bonchev–Trinajstić information content (AvgIpc) is 2.03. The molecule has 0 aliphatic rings. The van der Waals surface area contributed by atoms with E-state index in [9.17, 15) is 8.42 Å². The van der Waals surface area contributed by atoms with E-state index in [0.29, 0.717) is 5.56 Å². The number of rotatable bonds is 2. The first kappa shape index (κ1) is 10.5. The maximum absolute atomic E-state index is 10.7. The minimum Gasteiger partial charge on any atom is -0.392 e. The second-order valence-corrected chi connectivity index (χ2v) is 4.20. The first-order valence-electron chi connectivity index (χ1n) is 3.32. The fraction of sp³-hybridized carbons (Fsp3) is 0.143.